The minimum Gasteiger partial charge on any atom is -0.490 e. The van der Waals surface area contributed by atoms with Crippen molar-refractivity contribution in [2.45, 2.75) is 6.54 Å². The highest BCUT2D eigenvalue weighted by Crippen LogP contribution is 2.29. The number of thiophene rings is 1. The quantitative estimate of drug-likeness (QED) is 0.281. The topological polar surface area (TPSA) is 74.0 Å². The fourth-order valence-corrected chi connectivity index (χ4v) is 4.27. The van der Waals surface area contributed by atoms with E-state index in [0.29, 0.717) is 24.6 Å². The molecule has 0 fully saturated rings. The van der Waals surface area contributed by atoms with Crippen molar-refractivity contribution >= 4 is 29.0 Å². The summed E-state index contributed by atoms with van der Waals surface area (Å²) in [7, 11) is 0. The van der Waals surface area contributed by atoms with E-state index in [2.05, 4.69) is 10.3 Å². The van der Waals surface area contributed by atoms with E-state index in [-0.39, 0.29) is 5.91 Å². The molecule has 35 heavy (non-hydrogen) atoms. The van der Waals surface area contributed by atoms with Gasteiger partial charge >= 0.3 is 0 Å². The summed E-state index contributed by atoms with van der Waals surface area (Å²) in [6.07, 6.45) is 10.6. The van der Waals surface area contributed by atoms with Gasteiger partial charge in [0.1, 0.15) is 18.1 Å². The molecule has 1 amide bonds. The minimum atomic E-state index is -0.250. The predicted molar refractivity (Wildman–Crippen MR) is 139 cm³/mol. The highest BCUT2D eigenvalue weighted by molar-refractivity contribution is 7.13. The summed E-state index contributed by atoms with van der Waals surface area (Å²) in [5.74, 6) is 0.366. The lowest BCUT2D eigenvalue weighted by Gasteiger charge is -2.11. The molecule has 0 saturated carbocycles. The van der Waals surface area contributed by atoms with Crippen LogP contribution in [0.2, 0.25) is 0 Å². The Morgan fingerprint density at radius 3 is 2.71 bits per heavy atom. The summed E-state index contributed by atoms with van der Waals surface area (Å²) in [6.45, 7) is 1.13. The van der Waals surface area contributed by atoms with Crippen LogP contribution in [0, 0.1) is 0 Å². The van der Waals surface area contributed by atoms with Crippen molar-refractivity contribution in [3.63, 3.8) is 0 Å². The van der Waals surface area contributed by atoms with E-state index in [9.17, 15) is 4.79 Å². The van der Waals surface area contributed by atoms with Crippen LogP contribution in [-0.4, -0.2) is 31.8 Å². The summed E-state index contributed by atoms with van der Waals surface area (Å²) in [5.41, 5.74) is 3.26. The zero-order valence-corrected chi connectivity index (χ0v) is 19.6. The lowest BCUT2D eigenvalue weighted by molar-refractivity contribution is -0.111. The van der Waals surface area contributed by atoms with Crippen molar-refractivity contribution in [3.05, 3.63) is 109 Å². The molecule has 0 aliphatic heterocycles. The number of ether oxygens (including phenoxy) is 1. The Morgan fingerprint density at radius 2 is 1.91 bits per heavy atom. The average molecular weight is 482 g/mol. The van der Waals surface area contributed by atoms with Gasteiger partial charge in [-0.3, -0.25) is 4.79 Å². The van der Waals surface area contributed by atoms with Gasteiger partial charge in [-0.2, -0.15) is 5.10 Å². The van der Waals surface area contributed by atoms with Crippen LogP contribution >= 0.6 is 11.3 Å². The third kappa shape index (κ3) is 5.56. The largest absolute Gasteiger partial charge is 0.490 e. The smallest absolute Gasteiger partial charge is 0.248 e. The number of aromatic nitrogens is 4. The first-order valence-corrected chi connectivity index (χ1v) is 12.0. The molecule has 8 heteroatoms. The Morgan fingerprint density at radius 1 is 1.06 bits per heavy atom. The molecule has 0 atom stereocenters. The maximum atomic E-state index is 12.8. The van der Waals surface area contributed by atoms with Crippen LogP contribution in [0.1, 0.15) is 5.56 Å². The van der Waals surface area contributed by atoms with Gasteiger partial charge in [0, 0.05) is 30.2 Å². The number of carbonyl (C=O) groups excluding carboxylic acids is 1. The van der Waals surface area contributed by atoms with Crippen LogP contribution in [0.25, 0.3) is 22.3 Å². The van der Waals surface area contributed by atoms with Gasteiger partial charge in [-0.1, -0.05) is 36.4 Å². The maximum Gasteiger partial charge on any atom is 0.248 e. The third-order valence-corrected chi connectivity index (χ3v) is 6.12. The van der Waals surface area contributed by atoms with E-state index >= 15 is 0 Å². The number of rotatable bonds is 9. The fraction of sp³-hybridized carbons (Fsp3) is 0.0741. The van der Waals surface area contributed by atoms with Crippen LogP contribution in [0.4, 0.5) is 5.69 Å². The first kappa shape index (κ1) is 22.4. The van der Waals surface area contributed by atoms with Gasteiger partial charge in [0.25, 0.3) is 0 Å². The summed E-state index contributed by atoms with van der Waals surface area (Å²) in [5, 5.41) is 9.71. The summed E-state index contributed by atoms with van der Waals surface area (Å²) in [4.78, 5) is 17.8. The van der Waals surface area contributed by atoms with Gasteiger partial charge in [0.2, 0.25) is 5.91 Å². The van der Waals surface area contributed by atoms with E-state index in [1.54, 1.807) is 29.9 Å². The van der Waals surface area contributed by atoms with Crippen LogP contribution < -0.4 is 10.1 Å². The van der Waals surface area contributed by atoms with E-state index in [1.807, 2.05) is 93.8 Å². The van der Waals surface area contributed by atoms with E-state index in [1.165, 1.54) is 6.08 Å². The second-order valence-electron chi connectivity index (χ2n) is 7.66. The number of nitrogens with zero attached hydrogens (tertiary/aromatic N) is 4. The second-order valence-corrected chi connectivity index (χ2v) is 8.61. The molecule has 0 spiro atoms. The molecule has 0 aliphatic carbocycles. The van der Waals surface area contributed by atoms with E-state index < -0.39 is 0 Å². The Kier molecular flexibility index (Phi) is 6.82. The first-order valence-electron chi connectivity index (χ1n) is 11.1. The number of carbonyl (C=O) groups is 1. The molecule has 3 aromatic heterocycles. The number of para-hydroxylation sites is 3. The van der Waals surface area contributed by atoms with Crippen molar-refractivity contribution in [2.24, 2.45) is 0 Å². The van der Waals surface area contributed by atoms with Crippen molar-refractivity contribution in [1.29, 1.82) is 0 Å². The molecule has 0 bridgehead atoms. The number of benzene rings is 2. The molecule has 0 aliphatic rings. The van der Waals surface area contributed by atoms with Crippen molar-refractivity contribution < 1.29 is 9.53 Å². The van der Waals surface area contributed by atoms with Gasteiger partial charge < -0.3 is 14.6 Å². The van der Waals surface area contributed by atoms with Crippen molar-refractivity contribution in [1.82, 2.24) is 19.3 Å². The summed E-state index contributed by atoms with van der Waals surface area (Å²) < 4.78 is 9.66. The van der Waals surface area contributed by atoms with Gasteiger partial charge in [-0.05, 0) is 41.8 Å². The molecule has 0 radical (unpaired) electrons. The first-order chi connectivity index (χ1) is 17.3. The molecule has 2 aromatic carbocycles. The molecular weight excluding hydrogens is 458 g/mol. The van der Waals surface area contributed by atoms with Crippen LogP contribution in [-0.2, 0) is 11.3 Å². The molecular formula is C27H23N5O2S. The van der Waals surface area contributed by atoms with E-state index in [0.717, 1.165) is 21.8 Å². The number of imidazole rings is 1. The van der Waals surface area contributed by atoms with Gasteiger partial charge in [0.15, 0.2) is 0 Å². The molecule has 1 N–H and O–H groups in total. The number of hydrogen-bond acceptors (Lipinski definition) is 5. The molecule has 7 nitrogen and oxygen atoms in total. The number of anilines is 1. The Bertz CT molecular complexity index is 1410. The standard InChI is InChI=1S/C27H23N5O2S/c33-26(29-23-9-4-5-10-24(23)34-17-16-31-15-14-28-20-31)13-12-21-19-32(22-7-2-1-3-8-22)30-27(21)25-11-6-18-35-25/h1-15,18-20H,16-17H2,(H,29,33)/b13-12+. The monoisotopic (exact) mass is 481 g/mol. The molecule has 5 aromatic rings. The fourth-order valence-electron chi connectivity index (χ4n) is 3.54. The van der Waals surface area contributed by atoms with Crippen LogP contribution in [0.15, 0.2) is 103 Å². The van der Waals surface area contributed by atoms with Gasteiger partial charge in [-0.25, -0.2) is 9.67 Å². The van der Waals surface area contributed by atoms with Crippen molar-refractivity contribution in [2.75, 3.05) is 11.9 Å². The molecule has 0 unspecified atom stereocenters. The normalized spacial score (nSPS) is 11.1. The molecule has 3 heterocycles. The summed E-state index contributed by atoms with van der Waals surface area (Å²) >= 11 is 1.61. The van der Waals surface area contributed by atoms with Crippen LogP contribution in [0.5, 0.6) is 5.75 Å². The van der Waals surface area contributed by atoms with Gasteiger partial charge in [0.05, 0.1) is 29.1 Å². The molecule has 5 rings (SSSR count). The summed E-state index contributed by atoms with van der Waals surface area (Å²) in [6, 6.07) is 21.3. The Hall–Kier alpha value is -4.43. The van der Waals surface area contributed by atoms with Gasteiger partial charge in [-0.15, -0.1) is 11.3 Å². The SMILES string of the molecule is O=C(/C=C/c1cn(-c2ccccc2)nc1-c1cccs1)Nc1ccccc1OCCn1ccnc1. The van der Waals surface area contributed by atoms with E-state index in [4.69, 9.17) is 9.84 Å². The zero-order valence-electron chi connectivity index (χ0n) is 18.8. The molecule has 0 saturated heterocycles. The lowest BCUT2D eigenvalue weighted by atomic mass is 10.2. The minimum absolute atomic E-state index is 0.250. The predicted octanol–water partition coefficient (Wildman–Crippen LogP) is 5.53. The lowest BCUT2D eigenvalue weighted by Crippen LogP contribution is -2.11. The zero-order chi connectivity index (χ0) is 23.9. The Labute approximate surface area is 207 Å². The number of hydrogen-bond donors (Lipinski definition) is 1. The number of amides is 1. The van der Waals surface area contributed by atoms with Crippen molar-refractivity contribution in [3.8, 4) is 22.0 Å². The average Bonchev–Trinajstić information content (AvgIpc) is 3.66. The number of nitrogens with one attached hydrogen (secondary N) is 1. The third-order valence-electron chi connectivity index (χ3n) is 5.24. The highest BCUT2D eigenvalue weighted by Gasteiger charge is 2.12. The highest BCUT2D eigenvalue weighted by atomic mass is 32.1. The molecule has 174 valence electrons. The van der Waals surface area contributed by atoms with Crippen LogP contribution in [0.3, 0.4) is 0 Å². The second kappa shape index (κ2) is 10.7. The Balaban J connectivity index is 1.31. The maximum absolute atomic E-state index is 12.8.